The Morgan fingerprint density at radius 3 is 2.58 bits per heavy atom. The van der Waals surface area contributed by atoms with Gasteiger partial charge in [-0.3, -0.25) is 9.78 Å². The molecule has 1 aromatic heterocycles. The first-order valence-electron chi connectivity index (χ1n) is 5.53. The predicted octanol–water partition coefficient (Wildman–Crippen LogP) is 2.59. The molecule has 19 heavy (non-hydrogen) atoms. The number of amides is 1. The van der Waals surface area contributed by atoms with Crippen molar-refractivity contribution < 1.29 is 18.0 Å². The zero-order valence-corrected chi connectivity index (χ0v) is 10.1. The molecular weight excluding hydrogens is 257 g/mol. The summed E-state index contributed by atoms with van der Waals surface area (Å²) in [6.45, 7) is 1.68. The van der Waals surface area contributed by atoms with Crippen LogP contribution in [0.2, 0.25) is 0 Å². The third kappa shape index (κ3) is 2.83. The van der Waals surface area contributed by atoms with Crippen LogP contribution in [-0.2, 0) is 17.4 Å². The summed E-state index contributed by atoms with van der Waals surface area (Å²) in [6.07, 6.45) is -4.41. The van der Waals surface area contributed by atoms with Crippen molar-refractivity contribution in [3.05, 3.63) is 41.1 Å². The normalized spacial score (nSPS) is 11.8. The Morgan fingerprint density at radius 2 is 2.00 bits per heavy atom. The number of carbonyl (C=O) groups is 1. The number of halogens is 3. The lowest BCUT2D eigenvalue weighted by Gasteiger charge is -2.10. The number of hydrogen-bond donors (Lipinski definition) is 1. The van der Waals surface area contributed by atoms with E-state index in [0.717, 1.165) is 12.1 Å². The molecule has 6 heteroatoms. The van der Waals surface area contributed by atoms with Crippen LogP contribution in [0.15, 0.2) is 24.3 Å². The molecule has 0 fully saturated rings. The summed E-state index contributed by atoms with van der Waals surface area (Å²) >= 11 is 0. The van der Waals surface area contributed by atoms with Crippen molar-refractivity contribution in [3.63, 3.8) is 0 Å². The Labute approximate surface area is 107 Å². The molecule has 100 valence electrons. The van der Waals surface area contributed by atoms with Gasteiger partial charge in [0.1, 0.15) is 0 Å². The Balaban J connectivity index is 2.57. The van der Waals surface area contributed by atoms with Crippen LogP contribution in [0, 0.1) is 6.92 Å². The second kappa shape index (κ2) is 4.53. The first-order chi connectivity index (χ1) is 8.77. The van der Waals surface area contributed by atoms with Gasteiger partial charge in [-0.1, -0.05) is 0 Å². The zero-order valence-electron chi connectivity index (χ0n) is 10.1. The molecule has 0 saturated carbocycles. The Bertz CT molecular complexity index is 650. The predicted molar refractivity (Wildman–Crippen MR) is 64.4 cm³/mol. The van der Waals surface area contributed by atoms with Crippen molar-refractivity contribution in [1.82, 2.24) is 4.98 Å². The molecule has 2 N–H and O–H groups in total. The largest absolute Gasteiger partial charge is 0.416 e. The summed E-state index contributed by atoms with van der Waals surface area (Å²) in [4.78, 5) is 15.0. The third-order valence-corrected chi connectivity index (χ3v) is 2.75. The molecule has 0 atom stereocenters. The van der Waals surface area contributed by atoms with Crippen LogP contribution in [0.1, 0.15) is 16.8 Å². The van der Waals surface area contributed by atoms with E-state index >= 15 is 0 Å². The number of hydrogen-bond acceptors (Lipinski definition) is 2. The monoisotopic (exact) mass is 268 g/mol. The van der Waals surface area contributed by atoms with Crippen LogP contribution in [0.3, 0.4) is 0 Å². The maximum Gasteiger partial charge on any atom is 0.416 e. The molecule has 1 aromatic carbocycles. The molecule has 0 saturated heterocycles. The van der Waals surface area contributed by atoms with Crippen molar-refractivity contribution in [2.45, 2.75) is 19.5 Å². The second-order valence-electron chi connectivity index (χ2n) is 4.30. The van der Waals surface area contributed by atoms with E-state index < -0.39 is 17.6 Å². The first-order valence-corrected chi connectivity index (χ1v) is 5.53. The van der Waals surface area contributed by atoms with Gasteiger partial charge in [-0.2, -0.15) is 13.2 Å². The topological polar surface area (TPSA) is 56.0 Å². The van der Waals surface area contributed by atoms with Crippen molar-refractivity contribution in [3.8, 4) is 0 Å². The Kier molecular flexibility index (Phi) is 3.18. The van der Waals surface area contributed by atoms with Gasteiger partial charge in [-0.05, 0) is 36.8 Å². The minimum Gasteiger partial charge on any atom is -0.369 e. The van der Waals surface area contributed by atoms with E-state index in [-0.39, 0.29) is 6.42 Å². The third-order valence-electron chi connectivity index (χ3n) is 2.75. The minimum absolute atomic E-state index is 0.0300. The molecule has 1 amide bonds. The second-order valence-corrected chi connectivity index (χ2v) is 4.30. The smallest absolute Gasteiger partial charge is 0.369 e. The highest BCUT2D eigenvalue weighted by atomic mass is 19.4. The lowest BCUT2D eigenvalue weighted by atomic mass is 10.0. The molecule has 0 unspecified atom stereocenters. The molecule has 0 bridgehead atoms. The van der Waals surface area contributed by atoms with Gasteiger partial charge in [0.25, 0.3) is 0 Å². The summed E-state index contributed by atoms with van der Waals surface area (Å²) in [5.41, 5.74) is 5.87. The SMILES string of the molecule is Cc1cc(CC(N)=O)nc2ccc(C(F)(F)F)cc12. The number of primary amides is 1. The summed E-state index contributed by atoms with van der Waals surface area (Å²) < 4.78 is 37.9. The van der Waals surface area contributed by atoms with Gasteiger partial charge in [0.05, 0.1) is 23.2 Å². The molecule has 1 heterocycles. The molecule has 0 spiro atoms. The summed E-state index contributed by atoms with van der Waals surface area (Å²) in [5.74, 6) is -0.529. The van der Waals surface area contributed by atoms with Crippen LogP contribution >= 0.6 is 0 Å². The van der Waals surface area contributed by atoms with Crippen molar-refractivity contribution >= 4 is 16.8 Å². The average molecular weight is 268 g/mol. The number of aryl methyl sites for hydroxylation is 1. The molecular formula is C13H11F3N2O. The first kappa shape index (κ1) is 13.3. The van der Waals surface area contributed by atoms with E-state index in [1.807, 2.05) is 0 Å². The van der Waals surface area contributed by atoms with E-state index in [1.165, 1.54) is 6.07 Å². The van der Waals surface area contributed by atoms with Crippen LogP contribution < -0.4 is 5.73 Å². The number of alkyl halides is 3. The molecule has 3 nitrogen and oxygen atoms in total. The number of pyridine rings is 1. The van der Waals surface area contributed by atoms with Crippen molar-refractivity contribution in [1.29, 1.82) is 0 Å². The van der Waals surface area contributed by atoms with Gasteiger partial charge in [-0.15, -0.1) is 0 Å². The summed E-state index contributed by atoms with van der Waals surface area (Å²) in [6, 6.07) is 4.91. The summed E-state index contributed by atoms with van der Waals surface area (Å²) in [7, 11) is 0. The fourth-order valence-corrected chi connectivity index (χ4v) is 1.91. The highest BCUT2D eigenvalue weighted by Gasteiger charge is 2.30. The maximum absolute atomic E-state index is 12.6. The van der Waals surface area contributed by atoms with E-state index in [1.54, 1.807) is 13.0 Å². The van der Waals surface area contributed by atoms with Crippen LogP contribution in [-0.4, -0.2) is 10.9 Å². The number of nitrogens with two attached hydrogens (primary N) is 1. The molecule has 0 aliphatic heterocycles. The van der Waals surface area contributed by atoms with E-state index in [2.05, 4.69) is 4.98 Å². The number of benzene rings is 1. The fourth-order valence-electron chi connectivity index (χ4n) is 1.91. The highest BCUT2D eigenvalue weighted by molar-refractivity contribution is 5.84. The number of carbonyl (C=O) groups excluding carboxylic acids is 1. The lowest BCUT2D eigenvalue weighted by Crippen LogP contribution is -2.14. The highest BCUT2D eigenvalue weighted by Crippen LogP contribution is 2.32. The van der Waals surface area contributed by atoms with Crippen LogP contribution in [0.4, 0.5) is 13.2 Å². The van der Waals surface area contributed by atoms with Gasteiger partial charge >= 0.3 is 6.18 Å². The molecule has 0 aliphatic carbocycles. The minimum atomic E-state index is -4.38. The van der Waals surface area contributed by atoms with E-state index in [4.69, 9.17) is 5.73 Å². The standard InChI is InChI=1S/C13H11F3N2O/c1-7-4-9(6-12(17)19)18-11-3-2-8(5-10(7)11)13(14,15)16/h2-5H,6H2,1H3,(H2,17,19). The average Bonchev–Trinajstić information content (AvgIpc) is 2.26. The van der Waals surface area contributed by atoms with Gasteiger partial charge in [-0.25, -0.2) is 0 Å². The Morgan fingerprint density at radius 1 is 1.32 bits per heavy atom. The number of nitrogens with zero attached hydrogens (tertiary/aromatic N) is 1. The van der Waals surface area contributed by atoms with Crippen LogP contribution in [0.5, 0.6) is 0 Å². The van der Waals surface area contributed by atoms with Crippen LogP contribution in [0.25, 0.3) is 10.9 Å². The number of fused-ring (bicyclic) bond motifs is 1. The molecule has 0 radical (unpaired) electrons. The quantitative estimate of drug-likeness (QED) is 0.910. The van der Waals surface area contributed by atoms with Crippen molar-refractivity contribution in [2.75, 3.05) is 0 Å². The van der Waals surface area contributed by atoms with Crippen molar-refractivity contribution in [2.24, 2.45) is 5.73 Å². The Hall–Kier alpha value is -2.11. The fraction of sp³-hybridized carbons (Fsp3) is 0.231. The molecule has 0 aliphatic rings. The lowest BCUT2D eigenvalue weighted by molar-refractivity contribution is -0.137. The zero-order chi connectivity index (χ0) is 14.2. The van der Waals surface area contributed by atoms with Gasteiger partial charge in [0.15, 0.2) is 0 Å². The van der Waals surface area contributed by atoms with E-state index in [0.29, 0.717) is 22.2 Å². The van der Waals surface area contributed by atoms with E-state index in [9.17, 15) is 18.0 Å². The maximum atomic E-state index is 12.6. The van der Waals surface area contributed by atoms with Gasteiger partial charge < -0.3 is 5.73 Å². The molecule has 2 rings (SSSR count). The van der Waals surface area contributed by atoms with Gasteiger partial charge in [0, 0.05) is 5.39 Å². The number of rotatable bonds is 2. The molecule has 2 aromatic rings. The number of aromatic nitrogens is 1. The summed E-state index contributed by atoms with van der Waals surface area (Å²) in [5, 5.41) is 0.419. The van der Waals surface area contributed by atoms with Gasteiger partial charge in [0.2, 0.25) is 5.91 Å².